The van der Waals surface area contributed by atoms with Crippen LogP contribution in [-0.2, 0) is 6.54 Å². The first-order valence-corrected chi connectivity index (χ1v) is 11.0. The molecule has 3 aromatic heterocycles. The lowest BCUT2D eigenvalue weighted by Crippen LogP contribution is -2.24. The van der Waals surface area contributed by atoms with Crippen LogP contribution >= 0.6 is 11.6 Å². The molecule has 0 saturated carbocycles. The number of aliphatic hydroxyl groups is 1. The van der Waals surface area contributed by atoms with Gasteiger partial charge in [0.25, 0.3) is 0 Å². The molecule has 32 heavy (non-hydrogen) atoms. The molecule has 0 aliphatic rings. The number of nitrogens with one attached hydrogen (secondary N) is 2. The normalized spacial score (nSPS) is 12.4. The molecule has 0 amide bonds. The van der Waals surface area contributed by atoms with E-state index in [9.17, 15) is 5.11 Å². The standard InChI is InChI=1S/C22H27ClN8O/c1-4-16(12-32)26-22-27-20(19-21(28-22)30(13-25-19)14(2)3)24-11-17-8-9-31(29-17)18-7-5-6-15(23)10-18/h5-10,13-14,16,32H,4,11-12H2,1-3H3,(H2,24,26,27,28)/t16-/m1/s1. The zero-order valence-corrected chi connectivity index (χ0v) is 19.1. The quantitative estimate of drug-likeness (QED) is 0.350. The molecule has 0 saturated heterocycles. The van der Waals surface area contributed by atoms with E-state index in [0.717, 1.165) is 23.4 Å². The predicted octanol–water partition coefficient (Wildman–Crippen LogP) is 4.04. The Balaban J connectivity index is 1.60. The number of aromatic nitrogens is 6. The summed E-state index contributed by atoms with van der Waals surface area (Å²) in [6, 6.07) is 9.56. The number of hydrogen-bond donors (Lipinski definition) is 3. The number of rotatable bonds is 9. The summed E-state index contributed by atoms with van der Waals surface area (Å²) in [4.78, 5) is 13.8. The highest BCUT2D eigenvalue weighted by molar-refractivity contribution is 6.30. The minimum Gasteiger partial charge on any atom is -0.394 e. The van der Waals surface area contributed by atoms with E-state index in [1.54, 1.807) is 11.0 Å². The zero-order chi connectivity index (χ0) is 22.7. The number of fused-ring (bicyclic) bond motifs is 1. The molecule has 1 aromatic carbocycles. The summed E-state index contributed by atoms with van der Waals surface area (Å²) in [5.74, 6) is 1.06. The van der Waals surface area contributed by atoms with Gasteiger partial charge in [-0.05, 0) is 44.5 Å². The highest BCUT2D eigenvalue weighted by Crippen LogP contribution is 2.24. The summed E-state index contributed by atoms with van der Waals surface area (Å²) in [6.45, 7) is 6.62. The Kier molecular flexibility index (Phi) is 6.57. The third kappa shape index (κ3) is 4.68. The first-order valence-electron chi connectivity index (χ1n) is 10.6. The lowest BCUT2D eigenvalue weighted by atomic mass is 10.2. The number of anilines is 2. The molecular formula is C22H27ClN8O. The largest absolute Gasteiger partial charge is 0.394 e. The third-order valence-corrected chi connectivity index (χ3v) is 5.41. The van der Waals surface area contributed by atoms with Gasteiger partial charge in [-0.25, -0.2) is 9.67 Å². The van der Waals surface area contributed by atoms with Crippen LogP contribution in [-0.4, -0.2) is 47.1 Å². The highest BCUT2D eigenvalue weighted by Gasteiger charge is 2.16. The number of halogens is 1. The molecule has 0 bridgehead atoms. The Bertz CT molecular complexity index is 1200. The molecule has 0 fully saturated rings. The van der Waals surface area contributed by atoms with Crippen LogP contribution in [0.15, 0.2) is 42.9 Å². The second-order valence-corrected chi connectivity index (χ2v) is 8.27. The maximum Gasteiger partial charge on any atom is 0.227 e. The van der Waals surface area contributed by atoms with Crippen molar-refractivity contribution in [3.63, 3.8) is 0 Å². The van der Waals surface area contributed by atoms with Gasteiger partial charge in [-0.15, -0.1) is 0 Å². The number of hydrogen-bond acceptors (Lipinski definition) is 7. The number of imidazole rings is 1. The molecule has 4 rings (SSSR count). The summed E-state index contributed by atoms with van der Waals surface area (Å²) < 4.78 is 3.78. The Labute approximate surface area is 191 Å². The SMILES string of the molecule is CC[C@H](CO)Nc1nc(NCc2ccn(-c3cccc(Cl)c3)n2)c2ncn(C(C)C)c2n1. The molecule has 0 aliphatic heterocycles. The minimum atomic E-state index is -0.121. The van der Waals surface area contributed by atoms with E-state index < -0.39 is 0 Å². The van der Waals surface area contributed by atoms with Crippen LogP contribution in [0.3, 0.4) is 0 Å². The summed E-state index contributed by atoms with van der Waals surface area (Å²) in [6.07, 6.45) is 4.42. The van der Waals surface area contributed by atoms with Gasteiger partial charge in [0.2, 0.25) is 5.95 Å². The van der Waals surface area contributed by atoms with Crippen LogP contribution in [0.5, 0.6) is 0 Å². The molecule has 3 N–H and O–H groups in total. The van der Waals surface area contributed by atoms with Gasteiger partial charge in [0.05, 0.1) is 36.9 Å². The molecule has 0 radical (unpaired) electrons. The monoisotopic (exact) mass is 454 g/mol. The van der Waals surface area contributed by atoms with E-state index in [-0.39, 0.29) is 18.7 Å². The van der Waals surface area contributed by atoms with Gasteiger partial charge in [-0.2, -0.15) is 15.1 Å². The summed E-state index contributed by atoms with van der Waals surface area (Å²) >= 11 is 6.10. The molecule has 168 valence electrons. The fourth-order valence-corrected chi connectivity index (χ4v) is 3.52. The van der Waals surface area contributed by atoms with Crippen molar-refractivity contribution in [1.82, 2.24) is 29.3 Å². The average Bonchev–Trinajstić information content (AvgIpc) is 3.43. The highest BCUT2D eigenvalue weighted by atomic mass is 35.5. The maximum absolute atomic E-state index is 9.57. The fraction of sp³-hybridized carbons (Fsp3) is 0.364. The zero-order valence-electron chi connectivity index (χ0n) is 18.3. The number of nitrogens with zero attached hydrogens (tertiary/aromatic N) is 6. The van der Waals surface area contributed by atoms with Crippen LogP contribution in [0.2, 0.25) is 5.02 Å². The second-order valence-electron chi connectivity index (χ2n) is 7.83. The Morgan fingerprint density at radius 2 is 2.03 bits per heavy atom. The van der Waals surface area contributed by atoms with E-state index in [1.807, 2.05) is 48.0 Å². The van der Waals surface area contributed by atoms with E-state index in [0.29, 0.717) is 28.9 Å². The van der Waals surface area contributed by atoms with Crippen LogP contribution in [0, 0.1) is 0 Å². The third-order valence-electron chi connectivity index (χ3n) is 5.18. The molecule has 4 aromatic rings. The molecule has 1 atom stereocenters. The van der Waals surface area contributed by atoms with E-state index in [4.69, 9.17) is 11.6 Å². The molecule has 9 nitrogen and oxygen atoms in total. The topological polar surface area (TPSA) is 106 Å². The molecule has 0 spiro atoms. The first-order chi connectivity index (χ1) is 15.5. The molecule has 10 heteroatoms. The van der Waals surface area contributed by atoms with Crippen LogP contribution in [0.25, 0.3) is 16.9 Å². The predicted molar refractivity (Wildman–Crippen MR) is 126 cm³/mol. The van der Waals surface area contributed by atoms with Crippen molar-refractivity contribution in [2.24, 2.45) is 0 Å². The van der Waals surface area contributed by atoms with Gasteiger partial charge in [-0.3, -0.25) is 0 Å². The summed E-state index contributed by atoms with van der Waals surface area (Å²) in [5, 5.41) is 21.4. The second kappa shape index (κ2) is 9.54. The molecular weight excluding hydrogens is 428 g/mol. The summed E-state index contributed by atoms with van der Waals surface area (Å²) in [5.41, 5.74) is 3.16. The molecule has 0 aliphatic carbocycles. The van der Waals surface area contributed by atoms with E-state index in [2.05, 4.69) is 44.5 Å². The van der Waals surface area contributed by atoms with E-state index in [1.165, 1.54) is 0 Å². The van der Waals surface area contributed by atoms with Gasteiger partial charge in [0.1, 0.15) is 0 Å². The Hall–Kier alpha value is -3.17. The van der Waals surface area contributed by atoms with Crippen molar-refractivity contribution in [2.45, 2.75) is 45.8 Å². The lowest BCUT2D eigenvalue weighted by molar-refractivity contribution is 0.271. The fourth-order valence-electron chi connectivity index (χ4n) is 3.33. The van der Waals surface area contributed by atoms with Crippen LogP contribution in [0.1, 0.15) is 38.9 Å². The van der Waals surface area contributed by atoms with Crippen LogP contribution in [0.4, 0.5) is 11.8 Å². The minimum absolute atomic E-state index is 0.00500. The summed E-state index contributed by atoms with van der Waals surface area (Å²) in [7, 11) is 0. The average molecular weight is 455 g/mol. The van der Waals surface area contributed by atoms with Gasteiger partial charge < -0.3 is 20.3 Å². The molecule has 3 heterocycles. The number of benzene rings is 1. The van der Waals surface area contributed by atoms with Gasteiger partial charge >= 0.3 is 0 Å². The van der Waals surface area contributed by atoms with E-state index >= 15 is 0 Å². The van der Waals surface area contributed by atoms with Crippen molar-refractivity contribution >= 4 is 34.5 Å². The molecule has 0 unspecified atom stereocenters. The van der Waals surface area contributed by atoms with Gasteiger partial charge in [0, 0.05) is 17.3 Å². The smallest absolute Gasteiger partial charge is 0.227 e. The van der Waals surface area contributed by atoms with Crippen molar-refractivity contribution in [1.29, 1.82) is 0 Å². The maximum atomic E-state index is 9.57. The Morgan fingerprint density at radius 1 is 1.19 bits per heavy atom. The number of aliphatic hydroxyl groups excluding tert-OH is 1. The van der Waals surface area contributed by atoms with Crippen LogP contribution < -0.4 is 10.6 Å². The van der Waals surface area contributed by atoms with Crippen molar-refractivity contribution < 1.29 is 5.11 Å². The van der Waals surface area contributed by atoms with Gasteiger partial charge in [0.15, 0.2) is 17.0 Å². The van der Waals surface area contributed by atoms with Crippen molar-refractivity contribution in [3.8, 4) is 5.69 Å². The lowest BCUT2D eigenvalue weighted by Gasteiger charge is -2.16. The Morgan fingerprint density at radius 3 is 2.75 bits per heavy atom. The van der Waals surface area contributed by atoms with Crippen molar-refractivity contribution in [3.05, 3.63) is 53.6 Å². The van der Waals surface area contributed by atoms with Crippen molar-refractivity contribution in [2.75, 3.05) is 17.2 Å². The van der Waals surface area contributed by atoms with Gasteiger partial charge in [-0.1, -0.05) is 24.6 Å². The first kappa shape index (κ1) is 22.0.